The van der Waals surface area contributed by atoms with Crippen LogP contribution in [0.15, 0.2) is 23.3 Å². The van der Waals surface area contributed by atoms with E-state index in [0.717, 1.165) is 24.5 Å². The highest BCUT2D eigenvalue weighted by Gasteiger charge is 2.47. The molecule has 6 nitrogen and oxygen atoms in total. The Bertz CT molecular complexity index is 785. The number of ether oxygens (including phenoxy) is 1. The second-order valence-electron chi connectivity index (χ2n) is 5.92. The third-order valence-corrected chi connectivity index (χ3v) is 5.56. The molecule has 1 heterocycles. The lowest BCUT2D eigenvalue weighted by molar-refractivity contribution is -0.115. The molecule has 0 aromatic heterocycles. The van der Waals surface area contributed by atoms with Gasteiger partial charge in [0.25, 0.3) is 5.91 Å². The molecule has 0 fully saturated rings. The molecule has 0 saturated carbocycles. The van der Waals surface area contributed by atoms with Gasteiger partial charge in [0.1, 0.15) is 18.2 Å². The molecule has 1 aromatic carbocycles. The predicted molar refractivity (Wildman–Crippen MR) is 95.0 cm³/mol. The summed E-state index contributed by atoms with van der Waals surface area (Å²) < 4.78 is 42.3. The minimum atomic E-state index is -2.44. The molecule has 0 saturated heterocycles. The zero-order valence-electron chi connectivity index (χ0n) is 14.5. The zero-order valence-corrected chi connectivity index (χ0v) is 16.1. The summed E-state index contributed by atoms with van der Waals surface area (Å²) in [4.78, 5) is 14.1. The van der Waals surface area contributed by atoms with Crippen molar-refractivity contribution in [1.29, 1.82) is 0 Å². The largest absolute Gasteiger partial charge is 0.699 e. The van der Waals surface area contributed by atoms with Crippen molar-refractivity contribution in [1.82, 2.24) is 0 Å². The smallest absolute Gasteiger partial charge is 0.495 e. The number of benzene rings is 1. The van der Waals surface area contributed by atoms with E-state index in [1.807, 2.05) is 0 Å². The Morgan fingerprint density at radius 2 is 2.08 bits per heavy atom. The van der Waals surface area contributed by atoms with Gasteiger partial charge in [0, 0.05) is 16.2 Å². The standard InChI is InChI=1S/C17H19ClFNO5P/c1-3-24-26(22)25-17-11-7-5-4-6-10(11)16(21)20(17)14-9-15(23-2)12(18)8-13(14)19/h8-9,17H,3-7H2,1-2H3/q+1. The van der Waals surface area contributed by atoms with Gasteiger partial charge in [0.2, 0.25) is 6.23 Å². The fourth-order valence-corrected chi connectivity index (χ4v) is 4.16. The van der Waals surface area contributed by atoms with E-state index in [4.69, 9.17) is 25.4 Å². The van der Waals surface area contributed by atoms with Gasteiger partial charge in [-0.05, 0) is 44.2 Å². The van der Waals surface area contributed by atoms with Crippen LogP contribution in [0.1, 0.15) is 32.6 Å². The van der Waals surface area contributed by atoms with E-state index in [1.54, 1.807) is 6.92 Å². The SMILES string of the molecule is CCO[P+](=O)OC1C2=C(CCCC2)C(=O)N1c1cc(OC)c(Cl)cc1F. The van der Waals surface area contributed by atoms with Crippen LogP contribution < -0.4 is 9.64 Å². The minimum Gasteiger partial charge on any atom is -0.495 e. The maximum absolute atomic E-state index is 14.6. The topological polar surface area (TPSA) is 65.1 Å². The first kappa shape index (κ1) is 19.2. The van der Waals surface area contributed by atoms with Crippen molar-refractivity contribution in [2.24, 2.45) is 0 Å². The molecule has 0 spiro atoms. The quantitative estimate of drug-likeness (QED) is 0.643. The summed E-state index contributed by atoms with van der Waals surface area (Å²) in [6, 6.07) is 2.43. The van der Waals surface area contributed by atoms with Crippen molar-refractivity contribution in [2.45, 2.75) is 38.8 Å². The summed E-state index contributed by atoms with van der Waals surface area (Å²) >= 11 is 5.95. The van der Waals surface area contributed by atoms with Crippen molar-refractivity contribution in [3.8, 4) is 5.75 Å². The number of rotatable bonds is 6. The first-order valence-electron chi connectivity index (χ1n) is 8.33. The molecule has 2 unspecified atom stereocenters. The van der Waals surface area contributed by atoms with Crippen molar-refractivity contribution in [2.75, 3.05) is 18.6 Å². The van der Waals surface area contributed by atoms with E-state index in [0.29, 0.717) is 18.4 Å². The lowest BCUT2D eigenvalue weighted by Gasteiger charge is -2.23. The normalized spacial score (nSPS) is 20.5. The van der Waals surface area contributed by atoms with Crippen LogP contribution in [0.5, 0.6) is 5.75 Å². The molecule has 1 aliphatic carbocycles. The van der Waals surface area contributed by atoms with Crippen molar-refractivity contribution in [3.63, 3.8) is 0 Å². The van der Waals surface area contributed by atoms with E-state index in [2.05, 4.69) is 0 Å². The molecule has 9 heteroatoms. The molecule has 2 aliphatic rings. The van der Waals surface area contributed by atoms with Crippen LogP contribution in [0, 0.1) is 5.82 Å². The number of hydrogen-bond donors (Lipinski definition) is 0. The molecule has 0 N–H and O–H groups in total. The Labute approximate surface area is 156 Å². The number of nitrogens with zero attached hydrogens (tertiary/aromatic N) is 1. The molecule has 26 heavy (non-hydrogen) atoms. The lowest BCUT2D eigenvalue weighted by atomic mass is 9.93. The van der Waals surface area contributed by atoms with E-state index in [-0.39, 0.29) is 29.0 Å². The second-order valence-corrected chi connectivity index (χ2v) is 7.25. The van der Waals surface area contributed by atoms with Gasteiger partial charge >= 0.3 is 8.25 Å². The number of anilines is 1. The van der Waals surface area contributed by atoms with E-state index in [9.17, 15) is 13.8 Å². The van der Waals surface area contributed by atoms with Crippen LogP contribution in [0.3, 0.4) is 0 Å². The molecule has 1 aromatic rings. The number of methoxy groups -OCH3 is 1. The first-order chi connectivity index (χ1) is 12.5. The van der Waals surface area contributed by atoms with Crippen LogP contribution in [-0.2, 0) is 18.4 Å². The Kier molecular flexibility index (Phi) is 5.92. The molecule has 0 bridgehead atoms. The fraction of sp³-hybridized carbons (Fsp3) is 0.471. The van der Waals surface area contributed by atoms with Crippen LogP contribution in [0.2, 0.25) is 5.02 Å². The number of hydrogen-bond acceptors (Lipinski definition) is 5. The summed E-state index contributed by atoms with van der Waals surface area (Å²) in [5.41, 5.74) is 1.29. The molecule has 1 amide bonds. The highest BCUT2D eigenvalue weighted by molar-refractivity contribution is 7.33. The highest BCUT2D eigenvalue weighted by atomic mass is 35.5. The molecule has 140 valence electrons. The monoisotopic (exact) mass is 402 g/mol. The molecule has 1 aliphatic heterocycles. The number of carbonyl (C=O) groups is 1. The molecular formula is C17H19ClFNO5P+. The Hall–Kier alpha value is -1.53. The van der Waals surface area contributed by atoms with Gasteiger partial charge in [-0.2, -0.15) is 0 Å². The minimum absolute atomic E-state index is 0.0319. The fourth-order valence-electron chi connectivity index (χ4n) is 3.28. The van der Waals surface area contributed by atoms with Crippen molar-refractivity contribution >= 4 is 31.5 Å². The maximum atomic E-state index is 14.6. The van der Waals surface area contributed by atoms with Gasteiger partial charge in [-0.1, -0.05) is 16.1 Å². The molecule has 2 atom stereocenters. The van der Waals surface area contributed by atoms with Crippen LogP contribution >= 0.6 is 19.9 Å². The average molecular weight is 403 g/mol. The second kappa shape index (κ2) is 8.01. The Morgan fingerprint density at radius 3 is 2.77 bits per heavy atom. The van der Waals surface area contributed by atoms with Crippen LogP contribution in [-0.4, -0.2) is 25.9 Å². The van der Waals surface area contributed by atoms with Gasteiger partial charge in [0.05, 0.1) is 17.8 Å². The summed E-state index contributed by atoms with van der Waals surface area (Å²) in [5, 5.41) is 0.0935. The zero-order chi connectivity index (χ0) is 18.8. The van der Waals surface area contributed by atoms with Gasteiger partial charge in [-0.25, -0.2) is 4.39 Å². The van der Waals surface area contributed by atoms with Crippen molar-refractivity contribution < 1.29 is 27.5 Å². The number of amides is 1. The molecule has 0 radical (unpaired) electrons. The van der Waals surface area contributed by atoms with Gasteiger partial charge in [0.15, 0.2) is 0 Å². The van der Waals surface area contributed by atoms with Gasteiger partial charge in [-0.3, -0.25) is 9.69 Å². The molecule has 3 rings (SSSR count). The third-order valence-electron chi connectivity index (χ3n) is 4.42. The summed E-state index contributed by atoms with van der Waals surface area (Å²) in [6.45, 7) is 1.88. The Morgan fingerprint density at radius 1 is 1.35 bits per heavy atom. The predicted octanol–water partition coefficient (Wildman–Crippen LogP) is 4.74. The molecular weight excluding hydrogens is 384 g/mol. The maximum Gasteiger partial charge on any atom is 0.699 e. The van der Waals surface area contributed by atoms with E-state index >= 15 is 0 Å². The summed E-state index contributed by atoms with van der Waals surface area (Å²) in [7, 11) is -1.04. The number of halogens is 2. The third kappa shape index (κ3) is 3.49. The van der Waals surface area contributed by atoms with Gasteiger partial charge < -0.3 is 4.74 Å². The van der Waals surface area contributed by atoms with Crippen molar-refractivity contribution in [3.05, 3.63) is 34.1 Å². The number of carbonyl (C=O) groups excluding carboxylic acids is 1. The van der Waals surface area contributed by atoms with Crippen LogP contribution in [0.4, 0.5) is 10.1 Å². The van der Waals surface area contributed by atoms with Crippen LogP contribution in [0.25, 0.3) is 0 Å². The summed E-state index contributed by atoms with van der Waals surface area (Å²) in [5.74, 6) is -0.814. The Balaban J connectivity index is 2.04. The van der Waals surface area contributed by atoms with Gasteiger partial charge in [-0.15, -0.1) is 4.52 Å². The average Bonchev–Trinajstić information content (AvgIpc) is 2.88. The first-order valence-corrected chi connectivity index (χ1v) is 9.80. The highest BCUT2D eigenvalue weighted by Crippen LogP contribution is 2.45. The van der Waals surface area contributed by atoms with E-state index in [1.165, 1.54) is 18.1 Å². The lowest BCUT2D eigenvalue weighted by Crippen LogP contribution is -2.37. The summed E-state index contributed by atoms with van der Waals surface area (Å²) in [6.07, 6.45) is 2.01. The van der Waals surface area contributed by atoms with E-state index < -0.39 is 20.3 Å².